The van der Waals surface area contributed by atoms with E-state index in [1.807, 2.05) is 19.1 Å². The maximum absolute atomic E-state index is 14.6. The topological polar surface area (TPSA) is 221 Å². The van der Waals surface area contributed by atoms with Gasteiger partial charge in [-0.2, -0.15) is 9.58 Å². The second-order valence-corrected chi connectivity index (χ2v) is 28.3. The smallest absolute Gasteiger partial charge is 0.435 e. The second kappa shape index (κ2) is 24.3. The molecule has 0 unspecified atom stereocenters. The lowest BCUT2D eigenvalue weighted by Crippen LogP contribution is -2.47. The first-order chi connectivity index (χ1) is 38.6. The Morgan fingerprint density at radius 1 is 0.795 bits per heavy atom. The Kier molecular flexibility index (Phi) is 18.3. The van der Waals surface area contributed by atoms with Gasteiger partial charge in [0.25, 0.3) is 15.9 Å². The van der Waals surface area contributed by atoms with Crippen molar-refractivity contribution in [1.82, 2.24) is 24.4 Å². The zero-order valence-electron chi connectivity index (χ0n) is 49.5. The number of amides is 3. The van der Waals surface area contributed by atoms with Gasteiger partial charge in [-0.25, -0.2) is 32.5 Å². The van der Waals surface area contributed by atoms with E-state index in [1.54, 1.807) is 74.4 Å². The number of nitrogens with zero attached hydrogens (tertiary/aromatic N) is 6. The molecule has 3 aromatic carbocycles. The number of hydrogen-bond acceptors (Lipinski definition) is 16. The third-order valence-electron chi connectivity index (χ3n) is 14.5. The molecule has 3 heterocycles. The lowest BCUT2D eigenvalue weighted by molar-refractivity contribution is 0.00124. The van der Waals surface area contributed by atoms with E-state index < -0.39 is 67.3 Å². The summed E-state index contributed by atoms with van der Waals surface area (Å²) in [5.74, 6) is -1.64. The molecule has 1 saturated carbocycles. The molecule has 19 nitrogen and oxygen atoms in total. The summed E-state index contributed by atoms with van der Waals surface area (Å²) in [7, 11) is -4.67. The number of allylic oxidation sites excluding steroid dienone is 1. The molecule has 0 atom stereocenters. The Morgan fingerprint density at radius 2 is 1.42 bits per heavy atom. The number of carbonyl (C=O) groups excluding carboxylic acids is 4. The molecule has 2 aromatic heterocycles. The van der Waals surface area contributed by atoms with Crippen LogP contribution in [-0.2, 0) is 24.2 Å². The maximum atomic E-state index is 14.6. The number of benzene rings is 3. The predicted octanol–water partition coefficient (Wildman–Crippen LogP) is 13.2. The average molecular weight is 1200 g/mol. The molecule has 1 saturated heterocycles. The third-order valence-corrected chi connectivity index (χ3v) is 16.3. The van der Waals surface area contributed by atoms with Gasteiger partial charge in [0.05, 0.1) is 34.9 Å². The summed E-state index contributed by atoms with van der Waals surface area (Å²) in [4.78, 5) is 66.1. The minimum atomic E-state index is -4.67. The molecule has 3 aliphatic rings. The first-order valence-electron chi connectivity index (χ1n) is 28.0. The van der Waals surface area contributed by atoms with E-state index in [-0.39, 0.29) is 56.8 Å². The van der Waals surface area contributed by atoms with Crippen molar-refractivity contribution in [2.75, 3.05) is 49.1 Å². The molecule has 83 heavy (non-hydrogen) atoms. The van der Waals surface area contributed by atoms with E-state index in [9.17, 15) is 32.7 Å². The van der Waals surface area contributed by atoms with Crippen LogP contribution in [0.15, 0.2) is 83.4 Å². The molecule has 0 radical (unpaired) electrons. The van der Waals surface area contributed by atoms with Crippen LogP contribution >= 0.6 is 23.2 Å². The standard InChI is InChI=1S/C61H77Cl2N7O12S/c1-57(2,3)80-54(72)69(55(73)81-58(4,5)6)51-50-47(70(65-51)56(74)82-59(7,8)9)14-13-15-48(50)79-49-32-42(68-30-28-67(29-31-68)36-40-24-25-60(10,11)34-45(40)39-16-18-41(62)19-17-39)20-21-44(49)52(71)66-83(76,77)43-33-46(63)53(64-35-43)78-37-38-22-26-61(12,75)27-23-38/h13-21,32-33,35,38,75H,22-31,34,36-37H2,1-12H3,(H,66,71)/t38-,61-. The quantitative estimate of drug-likeness (QED) is 0.105. The number of anilines is 2. The van der Waals surface area contributed by atoms with E-state index >= 15 is 0 Å². The summed E-state index contributed by atoms with van der Waals surface area (Å²) < 4.78 is 61.2. The highest BCUT2D eigenvalue weighted by Crippen LogP contribution is 2.45. The number of sulfonamides is 1. The molecule has 448 valence electrons. The number of piperazine rings is 1. The Balaban J connectivity index is 1.16. The number of nitrogens with one attached hydrogen (secondary N) is 1. The van der Waals surface area contributed by atoms with Crippen LogP contribution in [0.2, 0.25) is 10.0 Å². The molecule has 2 aliphatic carbocycles. The number of rotatable bonds is 13. The van der Waals surface area contributed by atoms with E-state index in [2.05, 4.69) is 50.6 Å². The van der Waals surface area contributed by atoms with Crippen LogP contribution in [0.3, 0.4) is 0 Å². The Bertz CT molecular complexity index is 3370. The number of pyridine rings is 1. The van der Waals surface area contributed by atoms with E-state index in [4.69, 9.17) is 46.9 Å². The molecule has 2 fully saturated rings. The Morgan fingerprint density at radius 3 is 2.02 bits per heavy atom. The number of carbonyl (C=O) groups is 4. The highest BCUT2D eigenvalue weighted by Gasteiger charge is 2.39. The summed E-state index contributed by atoms with van der Waals surface area (Å²) in [5, 5.41) is 15.4. The van der Waals surface area contributed by atoms with Crippen molar-refractivity contribution in [3.05, 3.63) is 99.7 Å². The van der Waals surface area contributed by atoms with Gasteiger partial charge in [0.15, 0.2) is 5.82 Å². The summed E-state index contributed by atoms with van der Waals surface area (Å²) in [6.07, 6.45) is 3.38. The van der Waals surface area contributed by atoms with Crippen LogP contribution < -0.4 is 24.0 Å². The van der Waals surface area contributed by atoms with Crippen LogP contribution in [0.25, 0.3) is 16.5 Å². The molecule has 0 spiro atoms. The molecule has 2 N–H and O–H groups in total. The van der Waals surface area contributed by atoms with Crippen molar-refractivity contribution in [2.24, 2.45) is 11.3 Å². The van der Waals surface area contributed by atoms with E-state index in [1.165, 1.54) is 41.0 Å². The van der Waals surface area contributed by atoms with Crippen LogP contribution in [0.4, 0.5) is 25.9 Å². The molecule has 0 bridgehead atoms. The molecule has 22 heteroatoms. The molecular formula is C61H77Cl2N7O12S. The van der Waals surface area contributed by atoms with Gasteiger partial charge in [0, 0.05) is 49.5 Å². The fourth-order valence-electron chi connectivity index (χ4n) is 10.2. The molecular weight excluding hydrogens is 1130 g/mol. The van der Waals surface area contributed by atoms with Gasteiger partial charge in [0.2, 0.25) is 5.88 Å². The number of hydrogen-bond donors (Lipinski definition) is 2. The fourth-order valence-corrected chi connectivity index (χ4v) is 11.6. The normalized spacial score (nSPS) is 19.0. The van der Waals surface area contributed by atoms with Crippen LogP contribution in [-0.4, -0.2) is 119 Å². The van der Waals surface area contributed by atoms with Gasteiger partial charge in [0.1, 0.15) is 38.2 Å². The van der Waals surface area contributed by atoms with Crippen molar-refractivity contribution in [1.29, 1.82) is 0 Å². The number of imide groups is 1. The summed E-state index contributed by atoms with van der Waals surface area (Å²) >= 11 is 12.9. The summed E-state index contributed by atoms with van der Waals surface area (Å²) in [6, 6.07) is 18.5. The van der Waals surface area contributed by atoms with Gasteiger partial charge in [-0.1, -0.05) is 60.8 Å². The Hall–Kier alpha value is -6.45. The zero-order chi connectivity index (χ0) is 60.6. The minimum absolute atomic E-state index is 0.0135. The zero-order valence-corrected chi connectivity index (χ0v) is 51.8. The van der Waals surface area contributed by atoms with Gasteiger partial charge >= 0.3 is 18.3 Å². The summed E-state index contributed by atoms with van der Waals surface area (Å²) in [5.41, 5.74) is 0.476. The van der Waals surface area contributed by atoms with Crippen molar-refractivity contribution < 1.29 is 56.4 Å². The van der Waals surface area contributed by atoms with Crippen molar-refractivity contribution in [3.8, 4) is 17.4 Å². The number of aliphatic hydroxyl groups is 1. The van der Waals surface area contributed by atoms with Crippen molar-refractivity contribution in [2.45, 2.75) is 155 Å². The highest BCUT2D eigenvalue weighted by atomic mass is 35.5. The van der Waals surface area contributed by atoms with E-state index in [0.29, 0.717) is 54.6 Å². The van der Waals surface area contributed by atoms with Crippen molar-refractivity contribution >= 4 is 85.4 Å². The first kappa shape index (κ1) is 62.6. The lowest BCUT2D eigenvalue weighted by atomic mass is 9.72. The van der Waals surface area contributed by atoms with Crippen LogP contribution in [0, 0.1) is 11.3 Å². The van der Waals surface area contributed by atoms with Crippen LogP contribution in [0.1, 0.15) is 144 Å². The van der Waals surface area contributed by atoms with Crippen LogP contribution in [0.5, 0.6) is 17.4 Å². The maximum Gasteiger partial charge on any atom is 0.435 e. The monoisotopic (exact) mass is 1200 g/mol. The molecule has 5 aromatic rings. The first-order valence-corrected chi connectivity index (χ1v) is 30.2. The minimum Gasteiger partial charge on any atom is -0.476 e. The third kappa shape index (κ3) is 16.1. The summed E-state index contributed by atoms with van der Waals surface area (Å²) in [6.45, 7) is 24.7. The van der Waals surface area contributed by atoms with Gasteiger partial charge in [-0.05, 0) is 179 Å². The fraction of sp³-hybridized carbons (Fsp3) is 0.508. The van der Waals surface area contributed by atoms with Crippen molar-refractivity contribution in [3.63, 3.8) is 0 Å². The average Bonchev–Trinajstić information content (AvgIpc) is 4.05. The predicted molar refractivity (Wildman–Crippen MR) is 319 cm³/mol. The second-order valence-electron chi connectivity index (χ2n) is 25.8. The van der Waals surface area contributed by atoms with Gasteiger partial charge < -0.3 is 33.7 Å². The largest absolute Gasteiger partial charge is 0.476 e. The van der Waals surface area contributed by atoms with E-state index in [0.717, 1.165) is 55.6 Å². The number of ether oxygens (including phenoxy) is 5. The molecule has 8 rings (SSSR count). The Labute approximate surface area is 496 Å². The number of fused-ring (bicyclic) bond motifs is 1. The SMILES string of the molecule is CC1(C)CCC(CN2CCN(c3ccc(C(=O)NS(=O)(=O)c4cnc(OC[C@H]5CC[C@](C)(O)CC5)c(Cl)c4)c(Oc4cccc5c4c(N(C(=O)OC(C)(C)C)C(=O)OC(C)(C)C)nn5C(=O)OC(C)(C)C)c3)CC2)=C(c2ccc(Cl)cc2)C1. The molecule has 1 aliphatic heterocycles. The number of halogens is 2. The molecule has 3 amide bonds. The lowest BCUT2D eigenvalue weighted by Gasteiger charge is -2.39. The van der Waals surface area contributed by atoms with Gasteiger partial charge in [-0.15, -0.1) is 5.10 Å². The highest BCUT2D eigenvalue weighted by molar-refractivity contribution is 7.90. The number of aromatic nitrogens is 3. The van der Waals surface area contributed by atoms with Gasteiger partial charge in [-0.3, -0.25) is 9.69 Å².